The normalized spacial score (nSPS) is 11.4. The molecule has 0 atom stereocenters. The summed E-state index contributed by atoms with van der Waals surface area (Å²) in [7, 11) is 1.99. The van der Waals surface area contributed by atoms with Crippen LogP contribution < -0.4 is 4.57 Å². The summed E-state index contributed by atoms with van der Waals surface area (Å²) < 4.78 is 22.3. The maximum Gasteiger partial charge on any atom is 0.213 e. The van der Waals surface area contributed by atoms with Crippen molar-refractivity contribution in [3.05, 3.63) is 66.1 Å². The highest BCUT2D eigenvalue weighted by molar-refractivity contribution is 6.12. The fraction of sp³-hybridized carbons (Fsp3) is 0.105. The van der Waals surface area contributed by atoms with Crippen molar-refractivity contribution in [1.82, 2.24) is 0 Å². The van der Waals surface area contributed by atoms with E-state index in [2.05, 4.69) is 0 Å². The summed E-state index contributed by atoms with van der Waals surface area (Å²) in [4.78, 5) is 0. The molecule has 0 bridgehead atoms. The van der Waals surface area contributed by atoms with E-state index >= 15 is 0 Å². The average Bonchev–Trinajstić information content (AvgIpc) is 2.88. The van der Waals surface area contributed by atoms with Gasteiger partial charge < -0.3 is 4.42 Å². The van der Waals surface area contributed by atoms with Gasteiger partial charge in [-0.25, -0.2) is 8.96 Å². The number of halogens is 1. The zero-order valence-corrected chi connectivity index (χ0v) is 12.4. The van der Waals surface area contributed by atoms with E-state index in [0.717, 1.165) is 22.2 Å². The van der Waals surface area contributed by atoms with Crippen LogP contribution in [0.4, 0.5) is 4.39 Å². The number of pyridine rings is 1. The third kappa shape index (κ3) is 1.75. The van der Waals surface area contributed by atoms with Crippen molar-refractivity contribution < 1.29 is 13.4 Å². The first-order chi connectivity index (χ1) is 10.7. The molecule has 0 amide bonds. The number of aromatic nitrogens is 1. The van der Waals surface area contributed by atoms with E-state index < -0.39 is 0 Å². The number of aryl methyl sites for hydroxylation is 2. The predicted molar refractivity (Wildman–Crippen MR) is 85.0 cm³/mol. The molecule has 0 aliphatic carbocycles. The number of nitrogens with zero attached hydrogens (tertiary/aromatic N) is 1. The van der Waals surface area contributed by atoms with Crippen LogP contribution in [0.2, 0.25) is 0 Å². The fourth-order valence-corrected chi connectivity index (χ4v) is 3.08. The smallest absolute Gasteiger partial charge is 0.213 e. The van der Waals surface area contributed by atoms with Crippen LogP contribution in [-0.2, 0) is 7.05 Å². The topological polar surface area (TPSA) is 17.0 Å². The molecule has 0 saturated carbocycles. The zero-order chi connectivity index (χ0) is 15.3. The Morgan fingerprint density at radius 1 is 0.909 bits per heavy atom. The lowest BCUT2D eigenvalue weighted by Crippen LogP contribution is -2.30. The molecule has 2 nitrogen and oxygen atoms in total. The van der Waals surface area contributed by atoms with Gasteiger partial charge in [-0.1, -0.05) is 12.1 Å². The van der Waals surface area contributed by atoms with Gasteiger partial charge in [0.2, 0.25) is 5.69 Å². The monoisotopic (exact) mass is 292 g/mol. The largest absolute Gasteiger partial charge is 0.456 e. The van der Waals surface area contributed by atoms with Gasteiger partial charge in [-0.05, 0) is 36.8 Å². The first kappa shape index (κ1) is 13.0. The van der Waals surface area contributed by atoms with Crippen molar-refractivity contribution in [3.8, 4) is 11.3 Å². The van der Waals surface area contributed by atoms with Gasteiger partial charge in [-0.2, -0.15) is 0 Å². The predicted octanol–water partition coefficient (Wildman–Crippen LogP) is 4.53. The molecule has 3 heteroatoms. The molecule has 0 saturated heterocycles. The Hall–Kier alpha value is -2.68. The standard InChI is InChI=1S/C19H15FNO/c1-12-9-10-16-19(17(12)14-7-3-4-11-21(14)2)18-13(20)6-5-8-15(18)22-16/h3-11H,1-2H3/q+1. The molecule has 0 aliphatic heterocycles. The quantitative estimate of drug-likeness (QED) is 0.471. The Morgan fingerprint density at radius 3 is 2.55 bits per heavy atom. The average molecular weight is 292 g/mol. The summed E-state index contributed by atoms with van der Waals surface area (Å²) in [6.45, 7) is 2.04. The van der Waals surface area contributed by atoms with Crippen molar-refractivity contribution in [2.24, 2.45) is 7.05 Å². The van der Waals surface area contributed by atoms with Crippen LogP contribution in [0.3, 0.4) is 0 Å². The Bertz CT molecular complexity index is 1020. The van der Waals surface area contributed by atoms with E-state index in [-0.39, 0.29) is 5.82 Å². The first-order valence-corrected chi connectivity index (χ1v) is 7.22. The molecule has 2 aromatic heterocycles. The lowest BCUT2D eigenvalue weighted by molar-refractivity contribution is -0.660. The van der Waals surface area contributed by atoms with Crippen LogP contribution in [0.15, 0.2) is 59.1 Å². The third-order valence-corrected chi connectivity index (χ3v) is 4.13. The van der Waals surface area contributed by atoms with Gasteiger partial charge in [-0.3, -0.25) is 0 Å². The summed E-state index contributed by atoms with van der Waals surface area (Å²) in [5.41, 5.74) is 4.45. The summed E-state index contributed by atoms with van der Waals surface area (Å²) >= 11 is 0. The van der Waals surface area contributed by atoms with Crippen LogP contribution in [0, 0.1) is 12.7 Å². The summed E-state index contributed by atoms with van der Waals surface area (Å²) in [6.07, 6.45) is 1.99. The highest BCUT2D eigenvalue weighted by atomic mass is 19.1. The van der Waals surface area contributed by atoms with Crippen LogP contribution in [0.1, 0.15) is 5.56 Å². The van der Waals surface area contributed by atoms with E-state index in [4.69, 9.17) is 4.42 Å². The Morgan fingerprint density at radius 2 is 1.73 bits per heavy atom. The Balaban J connectivity index is 2.25. The van der Waals surface area contributed by atoms with Gasteiger partial charge in [0.25, 0.3) is 0 Å². The summed E-state index contributed by atoms with van der Waals surface area (Å²) in [6, 6.07) is 14.9. The molecular formula is C19H15FNO+. The molecule has 0 radical (unpaired) electrons. The highest BCUT2D eigenvalue weighted by Gasteiger charge is 2.21. The summed E-state index contributed by atoms with van der Waals surface area (Å²) in [5.74, 6) is -0.248. The van der Waals surface area contributed by atoms with E-state index in [1.165, 1.54) is 6.07 Å². The molecule has 0 spiro atoms. The van der Waals surface area contributed by atoms with Gasteiger partial charge in [0.05, 0.1) is 10.9 Å². The number of benzene rings is 2. The Labute approximate surface area is 127 Å². The number of hydrogen-bond acceptors (Lipinski definition) is 1. The minimum absolute atomic E-state index is 0.248. The SMILES string of the molecule is Cc1ccc2oc3cccc(F)c3c2c1-c1cccc[n+]1C. The maximum atomic E-state index is 14.4. The van der Waals surface area contributed by atoms with Gasteiger partial charge in [-0.15, -0.1) is 0 Å². The Kier molecular flexibility index (Phi) is 2.76. The molecule has 2 aromatic carbocycles. The lowest BCUT2D eigenvalue weighted by atomic mass is 9.98. The van der Waals surface area contributed by atoms with Crippen LogP contribution >= 0.6 is 0 Å². The maximum absolute atomic E-state index is 14.4. The molecule has 4 rings (SSSR count). The lowest BCUT2D eigenvalue weighted by Gasteiger charge is -2.06. The van der Waals surface area contributed by atoms with Crippen molar-refractivity contribution in [3.63, 3.8) is 0 Å². The molecular weight excluding hydrogens is 277 g/mol. The van der Waals surface area contributed by atoms with Crippen molar-refractivity contribution in [2.45, 2.75) is 6.92 Å². The molecule has 2 heterocycles. The molecule has 108 valence electrons. The van der Waals surface area contributed by atoms with Crippen molar-refractivity contribution >= 4 is 21.9 Å². The number of fused-ring (bicyclic) bond motifs is 3. The molecule has 22 heavy (non-hydrogen) atoms. The number of furan rings is 1. The third-order valence-electron chi connectivity index (χ3n) is 4.13. The van der Waals surface area contributed by atoms with Gasteiger partial charge in [0.15, 0.2) is 6.20 Å². The molecule has 0 aliphatic rings. The van der Waals surface area contributed by atoms with Crippen molar-refractivity contribution in [2.75, 3.05) is 0 Å². The second-order valence-corrected chi connectivity index (χ2v) is 5.54. The second-order valence-electron chi connectivity index (χ2n) is 5.54. The highest BCUT2D eigenvalue weighted by Crippen LogP contribution is 2.38. The van der Waals surface area contributed by atoms with E-state index in [1.807, 2.05) is 61.1 Å². The molecule has 0 unspecified atom stereocenters. The minimum atomic E-state index is -0.248. The zero-order valence-electron chi connectivity index (χ0n) is 12.4. The van der Waals surface area contributed by atoms with Crippen LogP contribution in [0.5, 0.6) is 0 Å². The fourth-order valence-electron chi connectivity index (χ4n) is 3.08. The molecule has 4 aromatic rings. The van der Waals surface area contributed by atoms with Crippen LogP contribution in [0.25, 0.3) is 33.2 Å². The van der Waals surface area contributed by atoms with Gasteiger partial charge in [0, 0.05) is 17.5 Å². The van der Waals surface area contributed by atoms with E-state index in [1.54, 1.807) is 6.07 Å². The second kappa shape index (κ2) is 4.67. The summed E-state index contributed by atoms with van der Waals surface area (Å²) in [5, 5.41) is 1.40. The first-order valence-electron chi connectivity index (χ1n) is 7.22. The molecule has 0 fully saturated rings. The minimum Gasteiger partial charge on any atom is -0.456 e. The number of hydrogen-bond donors (Lipinski definition) is 0. The van der Waals surface area contributed by atoms with Gasteiger partial charge >= 0.3 is 0 Å². The molecule has 0 N–H and O–H groups in total. The van der Waals surface area contributed by atoms with Crippen molar-refractivity contribution in [1.29, 1.82) is 0 Å². The van der Waals surface area contributed by atoms with E-state index in [0.29, 0.717) is 16.6 Å². The van der Waals surface area contributed by atoms with E-state index in [9.17, 15) is 4.39 Å². The van der Waals surface area contributed by atoms with Gasteiger partial charge in [0.1, 0.15) is 24.0 Å². The van der Waals surface area contributed by atoms with Crippen LogP contribution in [-0.4, -0.2) is 0 Å². The number of rotatable bonds is 1.